The Balaban J connectivity index is 2.34. The van der Waals surface area contributed by atoms with Gasteiger partial charge in [-0.1, -0.05) is 29.3 Å². The van der Waals surface area contributed by atoms with Gasteiger partial charge in [0.2, 0.25) is 13.8 Å². The fourth-order valence-corrected chi connectivity index (χ4v) is 3.00. The van der Waals surface area contributed by atoms with Crippen molar-refractivity contribution in [2.24, 2.45) is 5.92 Å². The van der Waals surface area contributed by atoms with Crippen molar-refractivity contribution in [2.75, 3.05) is 7.05 Å². The number of Topliss-reactive ketones (excluding diaryl/α,β-unsaturated/α-hetero) is 1. The average Bonchev–Trinajstić information content (AvgIpc) is 2.53. The molecule has 1 aromatic carbocycles. The van der Waals surface area contributed by atoms with E-state index in [1.165, 1.54) is 28.7 Å². The maximum atomic E-state index is 13.0. The summed E-state index contributed by atoms with van der Waals surface area (Å²) in [4.78, 5) is 50.4. The predicted octanol–water partition coefficient (Wildman–Crippen LogP) is 1.61. The highest BCUT2D eigenvalue weighted by Gasteiger charge is 2.49. The number of carbonyl (C=O) groups is 4. The first-order valence-electron chi connectivity index (χ1n) is 8.09. The molecule has 0 unspecified atom stereocenters. The van der Waals surface area contributed by atoms with Crippen LogP contribution in [0.25, 0.3) is 0 Å². The number of amides is 1. The summed E-state index contributed by atoms with van der Waals surface area (Å²) in [6.07, 6.45) is 0.0340. The first-order chi connectivity index (χ1) is 12.4. The molecule has 0 aromatic heterocycles. The van der Waals surface area contributed by atoms with Gasteiger partial charge in [0.25, 0.3) is 5.79 Å². The van der Waals surface area contributed by atoms with Gasteiger partial charge in [0.1, 0.15) is 0 Å². The number of cyclic esters (lactones) is 2. The molecule has 7 nitrogen and oxygen atoms in total. The second kappa shape index (κ2) is 7.90. The minimum absolute atomic E-state index is 0.0340. The highest BCUT2D eigenvalue weighted by molar-refractivity contribution is 6.57. The number of ketones is 1. The third-order valence-corrected chi connectivity index (χ3v) is 4.89. The summed E-state index contributed by atoms with van der Waals surface area (Å²) in [5, 5.41) is 0.619. The molecule has 1 aromatic rings. The minimum Gasteiger partial charge on any atom is -0.422 e. The van der Waals surface area contributed by atoms with Crippen LogP contribution < -0.4 is 0 Å². The van der Waals surface area contributed by atoms with E-state index in [2.05, 4.69) is 0 Å². The van der Waals surface area contributed by atoms with Crippen molar-refractivity contribution in [3.8, 4) is 0 Å². The van der Waals surface area contributed by atoms with Crippen LogP contribution in [0.2, 0.25) is 10.0 Å². The normalized spacial score (nSPS) is 17.7. The van der Waals surface area contributed by atoms with Gasteiger partial charge in [-0.3, -0.25) is 19.2 Å². The summed E-state index contributed by atoms with van der Waals surface area (Å²) >= 11 is 11.9. The van der Waals surface area contributed by atoms with Gasteiger partial charge in [-0.2, -0.15) is 0 Å². The van der Waals surface area contributed by atoms with E-state index < -0.39 is 41.3 Å². The Labute approximate surface area is 167 Å². The van der Waals surface area contributed by atoms with Crippen LogP contribution >= 0.6 is 23.2 Å². The molecule has 0 aliphatic carbocycles. The SMILES string of the molecule is BC(=O)N(C)[C@H](Cc1ccc(Cl)c(Cl)c1)C(=O)C1C(=O)OC(C)(C)OC1=O. The van der Waals surface area contributed by atoms with Gasteiger partial charge in [0, 0.05) is 27.3 Å². The summed E-state index contributed by atoms with van der Waals surface area (Å²) in [5.41, 5.74) is 0.605. The lowest BCUT2D eigenvalue weighted by Crippen LogP contribution is -2.54. The minimum atomic E-state index is -1.76. The Morgan fingerprint density at radius 3 is 2.22 bits per heavy atom. The zero-order chi connectivity index (χ0) is 20.5. The van der Waals surface area contributed by atoms with Gasteiger partial charge in [0.15, 0.2) is 11.6 Å². The molecule has 0 spiro atoms. The first kappa shape index (κ1) is 21.2. The summed E-state index contributed by atoms with van der Waals surface area (Å²) in [6, 6.07) is 3.66. The molecule has 0 N–H and O–H groups in total. The number of ether oxygens (including phenoxy) is 2. The molecule has 0 saturated carbocycles. The molecule has 27 heavy (non-hydrogen) atoms. The molecule has 0 radical (unpaired) electrons. The number of hydrogen-bond donors (Lipinski definition) is 0. The number of benzene rings is 1. The fourth-order valence-electron chi connectivity index (χ4n) is 2.68. The fraction of sp³-hybridized carbons (Fsp3) is 0.412. The molecule has 1 atom stereocenters. The standard InChI is InChI=1S/C17H18BCl2NO6/c1-17(2)26-14(23)12(15(24)27-17)13(22)11(21(3)16(18)25)7-8-4-5-9(19)10(20)6-8/h4-6,11-12H,7,18H2,1-3H3/t11-/m1/s1. The smallest absolute Gasteiger partial charge is 0.331 e. The van der Waals surface area contributed by atoms with Crippen LogP contribution in [0, 0.1) is 5.92 Å². The van der Waals surface area contributed by atoms with Crippen molar-refractivity contribution in [3.63, 3.8) is 0 Å². The maximum absolute atomic E-state index is 13.0. The molecular weight excluding hydrogens is 396 g/mol. The summed E-state index contributed by atoms with van der Waals surface area (Å²) in [6.45, 7) is 2.77. The Kier molecular flexibility index (Phi) is 6.22. The Morgan fingerprint density at radius 1 is 1.19 bits per heavy atom. The zero-order valence-corrected chi connectivity index (χ0v) is 16.8. The highest BCUT2D eigenvalue weighted by Crippen LogP contribution is 2.27. The zero-order valence-electron chi connectivity index (χ0n) is 15.2. The molecule has 1 aliphatic heterocycles. The lowest BCUT2D eigenvalue weighted by Gasteiger charge is -2.35. The number of halogens is 2. The summed E-state index contributed by atoms with van der Waals surface area (Å²) < 4.78 is 10.0. The van der Waals surface area contributed by atoms with E-state index in [1.54, 1.807) is 18.2 Å². The highest BCUT2D eigenvalue weighted by atomic mass is 35.5. The van der Waals surface area contributed by atoms with Gasteiger partial charge >= 0.3 is 11.9 Å². The third kappa shape index (κ3) is 4.81. The molecule has 10 heteroatoms. The van der Waals surface area contributed by atoms with E-state index in [0.717, 1.165) is 4.90 Å². The topological polar surface area (TPSA) is 90.0 Å². The van der Waals surface area contributed by atoms with E-state index in [4.69, 9.17) is 32.7 Å². The monoisotopic (exact) mass is 413 g/mol. The number of rotatable bonds is 5. The molecular formula is C17H18BCl2NO6. The quantitative estimate of drug-likeness (QED) is 0.413. The van der Waals surface area contributed by atoms with Crippen LogP contribution in [0.4, 0.5) is 4.79 Å². The summed E-state index contributed by atoms with van der Waals surface area (Å²) in [5.74, 6) is -6.41. The van der Waals surface area contributed by atoms with Crippen LogP contribution in [0.3, 0.4) is 0 Å². The van der Waals surface area contributed by atoms with E-state index in [-0.39, 0.29) is 11.4 Å². The van der Waals surface area contributed by atoms with Gasteiger partial charge in [0.05, 0.1) is 16.1 Å². The lowest BCUT2D eigenvalue weighted by atomic mass is 9.90. The van der Waals surface area contributed by atoms with E-state index >= 15 is 0 Å². The predicted molar refractivity (Wildman–Crippen MR) is 100 cm³/mol. The van der Waals surface area contributed by atoms with Crippen molar-refractivity contribution in [2.45, 2.75) is 32.1 Å². The molecule has 144 valence electrons. The molecule has 2 rings (SSSR count). The van der Waals surface area contributed by atoms with Crippen molar-refractivity contribution < 1.29 is 28.7 Å². The van der Waals surface area contributed by atoms with Crippen molar-refractivity contribution in [1.29, 1.82) is 0 Å². The average molecular weight is 414 g/mol. The largest absolute Gasteiger partial charge is 0.422 e. The Bertz CT molecular complexity index is 793. The van der Waals surface area contributed by atoms with Gasteiger partial charge in [-0.25, -0.2) is 0 Å². The van der Waals surface area contributed by atoms with Gasteiger partial charge in [-0.15, -0.1) is 0 Å². The number of esters is 2. The van der Waals surface area contributed by atoms with Crippen molar-refractivity contribution in [1.82, 2.24) is 4.90 Å². The second-order valence-electron chi connectivity index (χ2n) is 6.68. The molecule has 1 aliphatic rings. The van der Waals surface area contributed by atoms with E-state index in [1.807, 2.05) is 0 Å². The Hall–Kier alpha value is -2.06. The lowest BCUT2D eigenvalue weighted by molar-refractivity contribution is -0.238. The van der Waals surface area contributed by atoms with Crippen molar-refractivity contribution in [3.05, 3.63) is 33.8 Å². The molecule has 1 saturated heterocycles. The van der Waals surface area contributed by atoms with Crippen LogP contribution in [-0.2, 0) is 30.3 Å². The number of likely N-dealkylation sites (N-methyl/N-ethyl adjacent to an activating group) is 1. The second-order valence-corrected chi connectivity index (χ2v) is 7.49. The van der Waals surface area contributed by atoms with Crippen molar-refractivity contribution >= 4 is 54.6 Å². The van der Waals surface area contributed by atoms with E-state index in [9.17, 15) is 19.2 Å². The maximum Gasteiger partial charge on any atom is 0.331 e. The van der Waals surface area contributed by atoms with E-state index in [0.29, 0.717) is 10.6 Å². The van der Waals surface area contributed by atoms with Crippen LogP contribution in [0.1, 0.15) is 19.4 Å². The third-order valence-electron chi connectivity index (χ3n) is 4.15. The van der Waals surface area contributed by atoms with Gasteiger partial charge < -0.3 is 14.4 Å². The first-order valence-corrected chi connectivity index (χ1v) is 8.85. The van der Waals surface area contributed by atoms with Crippen LogP contribution in [0.5, 0.6) is 0 Å². The molecule has 1 fully saturated rings. The molecule has 0 bridgehead atoms. The van der Waals surface area contributed by atoms with Crippen LogP contribution in [0.15, 0.2) is 18.2 Å². The molecule has 1 heterocycles. The van der Waals surface area contributed by atoms with Crippen LogP contribution in [-0.4, -0.2) is 55.2 Å². The summed E-state index contributed by atoms with van der Waals surface area (Å²) in [7, 11) is 2.68. The Morgan fingerprint density at radius 2 is 1.74 bits per heavy atom. The molecule has 1 amide bonds. The number of nitrogens with zero attached hydrogens (tertiary/aromatic N) is 1. The van der Waals surface area contributed by atoms with Gasteiger partial charge in [-0.05, 0) is 17.7 Å². The number of hydrogen-bond acceptors (Lipinski definition) is 6. The number of carbonyl (C=O) groups excluding carboxylic acids is 4.